The number of anilines is 2. The first-order chi connectivity index (χ1) is 21.6. The molecule has 0 aliphatic heterocycles. The number of aromatic amines is 1. The Morgan fingerprint density at radius 3 is 2.29 bits per heavy atom. The van der Waals surface area contributed by atoms with Crippen LogP contribution >= 0.6 is 11.3 Å². The van der Waals surface area contributed by atoms with Crippen LogP contribution in [0.25, 0.3) is 44.2 Å². The molecule has 1 N–H and O–H groups in total. The maximum atomic E-state index is 13.3. The zero-order valence-electron chi connectivity index (χ0n) is 25.6. The van der Waals surface area contributed by atoms with Crippen LogP contribution in [0.3, 0.4) is 0 Å². The maximum Gasteiger partial charge on any atom is 0.273 e. The van der Waals surface area contributed by atoms with Crippen LogP contribution in [0, 0.1) is 0 Å². The van der Waals surface area contributed by atoms with E-state index in [0.717, 1.165) is 62.8 Å². The predicted molar refractivity (Wildman–Crippen MR) is 189 cm³/mol. The van der Waals surface area contributed by atoms with E-state index in [1.807, 2.05) is 92.3 Å². The second-order valence-corrected chi connectivity index (χ2v) is 15.9. The highest BCUT2D eigenvalue weighted by Crippen LogP contribution is 2.42. The van der Waals surface area contributed by atoms with E-state index in [0.29, 0.717) is 15.6 Å². The average Bonchev–Trinajstić information content (AvgIpc) is 3.73. The van der Waals surface area contributed by atoms with Crippen molar-refractivity contribution in [3.63, 3.8) is 0 Å². The molecule has 11 heteroatoms. The lowest BCUT2D eigenvalue weighted by Crippen LogP contribution is -2.25. The van der Waals surface area contributed by atoms with E-state index in [-0.39, 0.29) is 0 Å². The van der Waals surface area contributed by atoms with Gasteiger partial charge in [0, 0.05) is 59.1 Å². The molecule has 0 radical (unpaired) electrons. The fourth-order valence-electron chi connectivity index (χ4n) is 5.46. The Morgan fingerprint density at radius 1 is 0.867 bits per heavy atom. The Hall–Kier alpha value is -4.03. The number of nitrogens with one attached hydrogen (secondary N) is 1. The van der Waals surface area contributed by atoms with Crippen LogP contribution in [0.4, 0.5) is 11.4 Å². The van der Waals surface area contributed by atoms with Gasteiger partial charge in [-0.05, 0) is 80.0 Å². The molecule has 3 heterocycles. The van der Waals surface area contributed by atoms with Gasteiger partial charge >= 0.3 is 0 Å². The van der Waals surface area contributed by atoms with Crippen molar-refractivity contribution < 1.29 is 12.6 Å². The maximum absolute atomic E-state index is 13.3. The summed E-state index contributed by atoms with van der Waals surface area (Å²) in [7, 11) is 2.67. The number of benzene rings is 3. The van der Waals surface area contributed by atoms with Gasteiger partial charge in [0.1, 0.15) is 20.8 Å². The van der Waals surface area contributed by atoms with Gasteiger partial charge in [-0.25, -0.2) is 17.6 Å². The van der Waals surface area contributed by atoms with Gasteiger partial charge in [0.05, 0.1) is 5.69 Å². The van der Waals surface area contributed by atoms with Crippen molar-refractivity contribution in [1.29, 1.82) is 0 Å². The van der Waals surface area contributed by atoms with Crippen molar-refractivity contribution in [3.8, 4) is 22.3 Å². The van der Waals surface area contributed by atoms with Gasteiger partial charge in [-0.2, -0.15) is 0 Å². The number of nitrogens with zero attached hydrogens (tertiary/aromatic N) is 4. The van der Waals surface area contributed by atoms with Crippen LogP contribution in [0.2, 0.25) is 0 Å². The van der Waals surface area contributed by atoms with E-state index in [9.17, 15) is 12.6 Å². The molecule has 45 heavy (non-hydrogen) atoms. The predicted octanol–water partition coefficient (Wildman–Crippen LogP) is 6.99. The van der Waals surface area contributed by atoms with Crippen molar-refractivity contribution in [2.24, 2.45) is 0 Å². The molecule has 0 aliphatic rings. The monoisotopic (exact) mass is 657 g/mol. The number of pyridine rings is 1. The van der Waals surface area contributed by atoms with E-state index in [4.69, 9.17) is 4.98 Å². The Kier molecular flexibility index (Phi) is 8.78. The summed E-state index contributed by atoms with van der Waals surface area (Å²) in [4.78, 5) is 10.4. The smallest absolute Gasteiger partial charge is 0.273 e. The van der Waals surface area contributed by atoms with E-state index < -0.39 is 21.0 Å². The normalized spacial score (nSPS) is 12.6. The largest absolute Gasteiger partial charge is 0.339 e. The minimum atomic E-state index is -3.70. The molecular formula is C34H35N5O3S3. The fourth-order valence-corrected chi connectivity index (χ4v) is 8.81. The lowest BCUT2D eigenvalue weighted by molar-refractivity contribution is 0.409. The average molecular weight is 658 g/mol. The van der Waals surface area contributed by atoms with E-state index in [1.54, 1.807) is 24.6 Å². The van der Waals surface area contributed by atoms with Crippen LogP contribution in [0.1, 0.15) is 6.42 Å². The van der Waals surface area contributed by atoms with Gasteiger partial charge < -0.3 is 9.88 Å². The first-order valence-electron chi connectivity index (χ1n) is 14.5. The molecule has 6 rings (SSSR count). The van der Waals surface area contributed by atoms with Crippen LogP contribution in [-0.2, 0) is 21.0 Å². The SMILES string of the molecule is CN(C)CCCS(=O)N(C)c1ccc(-c2cnc3[nH]c4ccc(N(C)S(=O)(=O)c5cccs5)cc4c3c2-c2ccccc2)cc1. The fraction of sp³-hybridized carbons (Fsp3) is 0.206. The number of hydrogen-bond donors (Lipinski definition) is 1. The highest BCUT2D eigenvalue weighted by atomic mass is 32.2. The lowest BCUT2D eigenvalue weighted by atomic mass is 9.92. The topological polar surface area (TPSA) is 89.6 Å². The van der Waals surface area contributed by atoms with Crippen molar-refractivity contribution in [2.45, 2.75) is 10.6 Å². The third-order valence-electron chi connectivity index (χ3n) is 7.91. The number of rotatable bonds is 11. The first-order valence-corrected chi connectivity index (χ1v) is 18.1. The molecule has 0 spiro atoms. The molecule has 3 aromatic carbocycles. The molecule has 6 aromatic rings. The molecule has 3 aromatic heterocycles. The van der Waals surface area contributed by atoms with Crippen LogP contribution in [0.5, 0.6) is 0 Å². The molecule has 0 fully saturated rings. The Morgan fingerprint density at radius 2 is 1.60 bits per heavy atom. The quantitative estimate of drug-likeness (QED) is 0.162. The van der Waals surface area contributed by atoms with Crippen LogP contribution < -0.4 is 8.61 Å². The van der Waals surface area contributed by atoms with Crippen LogP contribution in [-0.4, -0.2) is 68.0 Å². The highest BCUT2D eigenvalue weighted by molar-refractivity contribution is 7.94. The summed E-state index contributed by atoms with van der Waals surface area (Å²) in [6.45, 7) is 0.895. The Balaban J connectivity index is 1.44. The number of aromatic nitrogens is 2. The summed E-state index contributed by atoms with van der Waals surface area (Å²) >= 11 is 1.20. The van der Waals surface area contributed by atoms with Gasteiger partial charge in [0.15, 0.2) is 0 Å². The minimum absolute atomic E-state index is 0.296. The van der Waals surface area contributed by atoms with Crippen molar-refractivity contribution in [3.05, 3.63) is 96.5 Å². The number of sulfonamides is 1. The molecule has 1 unspecified atom stereocenters. The second-order valence-electron chi connectivity index (χ2n) is 11.1. The van der Waals surface area contributed by atoms with Crippen molar-refractivity contribution in [2.75, 3.05) is 49.1 Å². The molecule has 0 bridgehead atoms. The van der Waals surface area contributed by atoms with Gasteiger partial charge in [-0.15, -0.1) is 11.3 Å². The Bertz CT molecular complexity index is 2080. The molecule has 0 amide bonds. The Labute approximate surface area is 270 Å². The molecule has 0 saturated heterocycles. The molecule has 0 aliphatic carbocycles. The standard InChI is InChI=1S/C34H35N5O3S3/c1-37(2)19-9-21-44(40)38(3)26-15-13-24(14-16-26)29-23-35-34-33(32(29)25-10-6-5-7-11-25)28-22-27(17-18-30(28)36-34)39(4)45(41,42)31-12-8-20-43-31/h5-8,10-18,20,22-23H,9,19,21H2,1-4H3,(H,35,36). The van der Waals surface area contributed by atoms with Crippen LogP contribution in [0.15, 0.2) is 101 Å². The zero-order valence-corrected chi connectivity index (χ0v) is 28.0. The van der Waals surface area contributed by atoms with Gasteiger partial charge in [-0.3, -0.25) is 8.61 Å². The third kappa shape index (κ3) is 6.13. The summed E-state index contributed by atoms with van der Waals surface area (Å²) in [5, 5.41) is 3.56. The minimum Gasteiger partial charge on any atom is -0.339 e. The molecule has 232 valence electrons. The highest BCUT2D eigenvalue weighted by Gasteiger charge is 2.24. The van der Waals surface area contributed by atoms with E-state index >= 15 is 0 Å². The molecule has 0 saturated carbocycles. The van der Waals surface area contributed by atoms with E-state index in [2.05, 4.69) is 22.0 Å². The number of fused-ring (bicyclic) bond motifs is 3. The summed E-state index contributed by atoms with van der Waals surface area (Å²) < 4.78 is 43.1. The summed E-state index contributed by atoms with van der Waals surface area (Å²) in [6.07, 6.45) is 2.74. The summed E-state index contributed by atoms with van der Waals surface area (Å²) in [6, 6.07) is 27.2. The van der Waals surface area contributed by atoms with Gasteiger partial charge in [0.2, 0.25) is 0 Å². The summed E-state index contributed by atoms with van der Waals surface area (Å²) in [5.41, 5.74) is 6.97. The van der Waals surface area contributed by atoms with Gasteiger partial charge in [0.25, 0.3) is 10.0 Å². The second kappa shape index (κ2) is 12.8. The van der Waals surface area contributed by atoms with E-state index in [1.165, 1.54) is 15.6 Å². The number of thiophene rings is 1. The first kappa shape index (κ1) is 31.0. The molecular weight excluding hydrogens is 623 g/mol. The summed E-state index contributed by atoms with van der Waals surface area (Å²) in [5.74, 6) is 0.599. The third-order valence-corrected chi connectivity index (χ3v) is 12.5. The molecule has 1 atom stereocenters. The zero-order chi connectivity index (χ0) is 31.7. The lowest BCUT2D eigenvalue weighted by Gasteiger charge is -2.20. The number of hydrogen-bond acceptors (Lipinski definition) is 6. The van der Waals surface area contributed by atoms with Crippen molar-refractivity contribution in [1.82, 2.24) is 14.9 Å². The van der Waals surface area contributed by atoms with Gasteiger partial charge in [-0.1, -0.05) is 48.5 Å². The molecule has 8 nitrogen and oxygen atoms in total. The van der Waals surface area contributed by atoms with Crippen molar-refractivity contribution >= 4 is 65.7 Å². The number of H-pyrrole nitrogens is 1.